The Bertz CT molecular complexity index is 4270. The van der Waals surface area contributed by atoms with Gasteiger partial charge in [-0.2, -0.15) is 151 Å². The molecule has 3 fully saturated rings. The van der Waals surface area contributed by atoms with Gasteiger partial charge in [0, 0.05) is 91.9 Å². The van der Waals surface area contributed by atoms with Gasteiger partial charge in [-0.05, 0) is 78.6 Å². The van der Waals surface area contributed by atoms with Crippen LogP contribution in [0.25, 0.3) is 44.5 Å². The summed E-state index contributed by atoms with van der Waals surface area (Å²) in [5.41, 5.74) is 17.0. The minimum atomic E-state index is -1.00. The number of nitrogens with two attached hydrogens (primary N) is 1. The third-order valence-electron chi connectivity index (χ3n) is 16.1. The first-order chi connectivity index (χ1) is 60.4. The number of halogens is 2. The standard InChI is InChI=1S/4C12H10.C9H14N4O.C9H10N4O.C8H10BrN3O.4C6H5.CH3F.2CN.CH4O.CH4.Pd.Zn/c4*1-3-7-11(8-4-1)12-9-5-2-6-10-12;2*10-7-8-1-2-11-9(12-8)13-3-5-14-6-4-13;9-7-1-2-10-8(11-7)12-3-5-13-6-4-12;4*1-2-4-6-5-3-1;4*1-2;;;/h4*1-10H;1-2H,3-7,10H2;1-2H,3-6H2;1-2H,3-6H2;4*1-5H;1H3;;;2H,1H3;1H4;;/q;;;;;;;4*-1;;2*-1;;;;+2/i;;;;;;;;;;;1D;;;;;;. The number of alkyl halides is 1. The van der Waals surface area contributed by atoms with Crippen molar-refractivity contribution in [1.29, 1.82) is 15.8 Å². The molecule has 0 spiro atoms. The van der Waals surface area contributed by atoms with Crippen molar-refractivity contribution in [2.75, 3.05) is 108 Å². The van der Waals surface area contributed by atoms with Crippen molar-refractivity contribution in [3.05, 3.63) is 454 Å². The van der Waals surface area contributed by atoms with Crippen LogP contribution in [0.4, 0.5) is 22.2 Å². The number of benzene rings is 12. The van der Waals surface area contributed by atoms with Crippen LogP contribution in [0.1, 0.15) is 20.2 Å². The first-order valence-electron chi connectivity index (χ1n) is 39.2. The fraction of sp³-hybridized carbons (Fsp3) is 0.155. The summed E-state index contributed by atoms with van der Waals surface area (Å²) < 4.78 is 32.0. The Labute approximate surface area is 771 Å². The summed E-state index contributed by atoms with van der Waals surface area (Å²) in [6, 6.07) is 140. The van der Waals surface area contributed by atoms with E-state index >= 15 is 0 Å². The van der Waals surface area contributed by atoms with E-state index in [2.05, 4.69) is 274 Å². The Balaban J connectivity index is 0.000000686. The number of hydrogen-bond donors (Lipinski definition) is 2. The SMILES string of the molecule is Brc1ccnc(N2CCOCC2)n1.C.CO.N#Cc1ccnc(N2CCOCC2)n1.NCc1ccnc(N2CCOCC2)n1.[2H]CF.[C-]#N.[C-]#N.[Pd].[Zn+2].[c-]1ccccc1.[c-]1ccccc1.[c-]1ccccc1.[c-]1ccccc1.c1ccc(-c2ccccc2)cc1.c1ccc(-c2ccccc2)cc1.c1ccc(-c2ccccc2)cc1.c1ccc(-c2ccccc2)cc1. The van der Waals surface area contributed by atoms with Crippen LogP contribution in [0.2, 0.25) is 0 Å². The maximum atomic E-state index is 9.96. The van der Waals surface area contributed by atoms with Crippen molar-refractivity contribution in [1.82, 2.24) is 29.9 Å². The predicted octanol–water partition coefficient (Wildman–Crippen LogP) is 21.4. The monoisotopic (exact) mass is 1860 g/mol. The average molecular weight is 1860 g/mol. The fourth-order valence-electron chi connectivity index (χ4n) is 10.4. The van der Waals surface area contributed by atoms with E-state index in [1.54, 1.807) is 24.7 Å². The Morgan fingerprint density at radius 3 is 0.766 bits per heavy atom. The summed E-state index contributed by atoms with van der Waals surface area (Å²) in [5.74, 6) is 2.15. The minimum absolute atomic E-state index is 0. The van der Waals surface area contributed by atoms with Crippen molar-refractivity contribution in [3.63, 3.8) is 0 Å². The molecular weight excluding hydrogens is 1750 g/mol. The van der Waals surface area contributed by atoms with Crippen molar-refractivity contribution in [2.45, 2.75) is 14.0 Å². The van der Waals surface area contributed by atoms with Gasteiger partial charge in [0.15, 0.2) is 0 Å². The average Bonchev–Trinajstić information content (AvgIpc) is 0.886. The first kappa shape index (κ1) is 107. The van der Waals surface area contributed by atoms with Crippen LogP contribution >= 0.6 is 15.9 Å². The number of aliphatic hydroxyl groups excluding tert-OH is 1. The molecule has 3 saturated heterocycles. The molecule has 3 N–H and O–H groups in total. The molecule has 6 heterocycles. The van der Waals surface area contributed by atoms with E-state index in [0.717, 1.165) is 95.0 Å². The van der Waals surface area contributed by atoms with E-state index in [-0.39, 0.29) is 47.3 Å². The number of morpholine rings is 3. The molecule has 15 aromatic rings. The van der Waals surface area contributed by atoms with Gasteiger partial charge in [0.2, 0.25) is 17.8 Å². The molecular formula is C103H105BrFN13O4PdZn-4. The maximum Gasteiger partial charge on any atom is 2.00 e. The molecule has 21 heteroatoms. The second-order valence-corrected chi connectivity index (χ2v) is 24.9. The molecule has 3 aromatic heterocycles. The molecule has 0 radical (unpaired) electrons. The molecule has 0 amide bonds. The van der Waals surface area contributed by atoms with Crippen LogP contribution in [-0.4, -0.2) is 128 Å². The van der Waals surface area contributed by atoms with Crippen LogP contribution in [-0.2, 0) is 60.7 Å². The maximum absolute atomic E-state index is 9.96. The third kappa shape index (κ3) is 49.2. The van der Waals surface area contributed by atoms with Crippen molar-refractivity contribution < 1.29 is 65.0 Å². The van der Waals surface area contributed by atoms with Gasteiger partial charge in [-0.3, -0.25) is 4.39 Å². The van der Waals surface area contributed by atoms with Crippen LogP contribution in [0, 0.1) is 59.3 Å². The molecule has 3 aliphatic heterocycles. The molecule has 0 bridgehead atoms. The van der Waals surface area contributed by atoms with Crippen LogP contribution in [0.15, 0.2) is 405 Å². The minimum Gasteiger partial charge on any atom is -0.512 e. The summed E-state index contributed by atoms with van der Waals surface area (Å²) in [6.07, 6.45) is 5.11. The largest absolute Gasteiger partial charge is 2.00 e. The van der Waals surface area contributed by atoms with E-state index in [9.17, 15) is 4.39 Å². The number of ether oxygens (including phenoxy) is 3. The van der Waals surface area contributed by atoms with Gasteiger partial charge in [0.1, 0.15) is 16.4 Å². The molecule has 12 aromatic carbocycles. The Morgan fingerprint density at radius 2 is 0.573 bits per heavy atom. The summed E-state index contributed by atoms with van der Waals surface area (Å²) in [7, 11) is 0. The van der Waals surface area contributed by atoms with Crippen molar-refractivity contribution >= 4 is 33.8 Å². The van der Waals surface area contributed by atoms with Crippen molar-refractivity contribution in [3.8, 4) is 50.6 Å². The van der Waals surface area contributed by atoms with Gasteiger partial charge >= 0.3 is 19.5 Å². The zero-order valence-corrected chi connectivity index (χ0v) is 75.0. The van der Waals surface area contributed by atoms with Gasteiger partial charge in [-0.15, -0.1) is 0 Å². The molecule has 17 nitrogen and oxygen atoms in total. The normalized spacial score (nSPS) is 11.1. The van der Waals surface area contributed by atoms with E-state index in [1.807, 2.05) is 193 Å². The molecule has 0 unspecified atom stereocenters. The first-order valence-corrected chi connectivity index (χ1v) is 39.3. The molecule has 0 saturated carbocycles. The van der Waals surface area contributed by atoms with Crippen LogP contribution < -0.4 is 20.4 Å². The number of anilines is 3. The smallest absolute Gasteiger partial charge is 0.512 e. The number of aromatic nitrogens is 6. The summed E-state index contributed by atoms with van der Waals surface area (Å²) in [6.45, 7) is 19.4. The van der Waals surface area contributed by atoms with Crippen LogP contribution in [0.5, 0.6) is 0 Å². The van der Waals surface area contributed by atoms with Gasteiger partial charge in [0.25, 0.3) is 0 Å². The fourth-order valence-corrected chi connectivity index (χ4v) is 10.7. The van der Waals surface area contributed by atoms with E-state index in [1.165, 1.54) is 44.5 Å². The molecule has 0 aliphatic carbocycles. The second kappa shape index (κ2) is 76.4. The third-order valence-corrected chi connectivity index (χ3v) is 16.6. The summed E-state index contributed by atoms with van der Waals surface area (Å²) >= 11 is 3.32. The van der Waals surface area contributed by atoms with E-state index in [4.69, 9.17) is 55.4 Å². The number of rotatable bonds is 8. The van der Waals surface area contributed by atoms with Crippen molar-refractivity contribution in [2.24, 2.45) is 5.73 Å². The van der Waals surface area contributed by atoms with Gasteiger partial charge in [0.05, 0.1) is 53.9 Å². The number of nitriles is 1. The summed E-state index contributed by atoms with van der Waals surface area (Å²) in [5, 5.41) is 28.2. The molecule has 3 aliphatic rings. The second-order valence-electron chi connectivity index (χ2n) is 24.1. The Kier molecular flexibility index (Phi) is 66.1. The van der Waals surface area contributed by atoms with Gasteiger partial charge < -0.3 is 63.4 Å². The topological polar surface area (TPSA) is 232 Å². The summed E-state index contributed by atoms with van der Waals surface area (Å²) in [4.78, 5) is 31.5. The Hall–Kier alpha value is -12.8. The zero-order chi connectivity index (χ0) is 87.3. The number of nitrogens with zero attached hydrogens (tertiary/aromatic N) is 12. The zero-order valence-electron chi connectivity index (χ0n) is 69.9. The van der Waals surface area contributed by atoms with Gasteiger partial charge in [-0.25, -0.2) is 29.9 Å². The number of hydrogen-bond acceptors (Lipinski definition) is 17. The molecule has 124 heavy (non-hydrogen) atoms. The molecule has 636 valence electrons. The predicted molar refractivity (Wildman–Crippen MR) is 496 cm³/mol. The molecule has 0 atom stereocenters. The van der Waals surface area contributed by atoms with E-state index in [0.29, 0.717) is 31.4 Å². The number of aliphatic hydroxyl groups is 1. The van der Waals surface area contributed by atoms with E-state index < -0.39 is 7.15 Å². The quantitative estimate of drug-likeness (QED) is 0.0818. The Morgan fingerprint density at radius 1 is 0.371 bits per heavy atom. The molecule has 18 rings (SSSR count). The van der Waals surface area contributed by atoms with Crippen LogP contribution in [0.3, 0.4) is 0 Å². The van der Waals surface area contributed by atoms with Gasteiger partial charge in [-0.1, -0.05) is 250 Å².